The van der Waals surface area contributed by atoms with Gasteiger partial charge in [-0.15, -0.1) is 0 Å². The second kappa shape index (κ2) is 9.98. The Bertz CT molecular complexity index is 767. The van der Waals surface area contributed by atoms with E-state index in [4.69, 9.17) is 9.26 Å². The maximum atomic E-state index is 13.1. The summed E-state index contributed by atoms with van der Waals surface area (Å²) in [5.41, 5.74) is 0.920. The van der Waals surface area contributed by atoms with E-state index in [0.717, 1.165) is 57.8 Å². The molecule has 4 rings (SSSR count). The summed E-state index contributed by atoms with van der Waals surface area (Å²) in [6, 6.07) is 10.0. The topological polar surface area (TPSA) is 71.7 Å². The van der Waals surface area contributed by atoms with Crippen molar-refractivity contribution < 1.29 is 14.1 Å². The molecule has 156 valence electrons. The number of hydrogen-bond acceptors (Lipinski definition) is 6. The molecular weight excluding hydrogens is 368 g/mol. The summed E-state index contributed by atoms with van der Waals surface area (Å²) in [5.74, 6) is 1.27. The molecule has 7 nitrogen and oxygen atoms in total. The van der Waals surface area contributed by atoms with Gasteiger partial charge in [0.15, 0.2) is 0 Å². The van der Waals surface area contributed by atoms with Gasteiger partial charge < -0.3 is 19.1 Å². The van der Waals surface area contributed by atoms with E-state index < -0.39 is 0 Å². The van der Waals surface area contributed by atoms with Crippen molar-refractivity contribution in [1.82, 2.24) is 19.9 Å². The Morgan fingerprint density at radius 1 is 1.14 bits per heavy atom. The van der Waals surface area contributed by atoms with Gasteiger partial charge in [0.25, 0.3) is 0 Å². The molecule has 0 bridgehead atoms. The zero-order valence-electron chi connectivity index (χ0n) is 17.0. The van der Waals surface area contributed by atoms with Gasteiger partial charge in [0.1, 0.15) is 0 Å². The minimum atomic E-state index is 0.176. The van der Waals surface area contributed by atoms with Crippen molar-refractivity contribution in [2.45, 2.75) is 44.6 Å². The summed E-state index contributed by atoms with van der Waals surface area (Å²) in [6.45, 7) is 5.54. The summed E-state index contributed by atoms with van der Waals surface area (Å²) in [4.78, 5) is 22.1. The van der Waals surface area contributed by atoms with Crippen LogP contribution in [-0.2, 0) is 16.0 Å². The molecule has 0 atom stereocenters. The Kier molecular flexibility index (Phi) is 6.90. The normalized spacial score (nSPS) is 18.2. The number of rotatable bonds is 8. The van der Waals surface area contributed by atoms with E-state index in [0.29, 0.717) is 24.6 Å². The van der Waals surface area contributed by atoms with Gasteiger partial charge in [0.05, 0.1) is 0 Å². The van der Waals surface area contributed by atoms with Crippen molar-refractivity contribution in [2.75, 3.05) is 39.4 Å². The molecule has 1 amide bonds. The zero-order valence-corrected chi connectivity index (χ0v) is 17.0. The minimum Gasteiger partial charge on any atom is -0.381 e. The molecular formula is C22H30N4O3. The number of aromatic nitrogens is 2. The van der Waals surface area contributed by atoms with Gasteiger partial charge in [-0.25, -0.2) is 0 Å². The highest BCUT2D eigenvalue weighted by atomic mass is 16.5. The highest BCUT2D eigenvalue weighted by Gasteiger charge is 2.26. The van der Waals surface area contributed by atoms with Crippen LogP contribution in [-0.4, -0.2) is 71.3 Å². The highest BCUT2D eigenvalue weighted by molar-refractivity contribution is 5.76. The lowest BCUT2D eigenvalue weighted by atomic mass is 10.1. The SMILES string of the molecule is O=C(CCc1nc(-c2ccccc2)no1)N(CCN1CCCC1)C1CCOCC1. The smallest absolute Gasteiger partial charge is 0.227 e. The average molecular weight is 399 g/mol. The lowest BCUT2D eigenvalue weighted by molar-refractivity contribution is -0.135. The molecule has 2 aliphatic heterocycles. The Hall–Kier alpha value is -2.25. The van der Waals surface area contributed by atoms with E-state index in [1.54, 1.807) is 0 Å². The van der Waals surface area contributed by atoms with Crippen LogP contribution in [0.25, 0.3) is 11.4 Å². The molecule has 1 aromatic heterocycles. The molecule has 3 heterocycles. The molecule has 1 aromatic carbocycles. The van der Waals surface area contributed by atoms with Crippen molar-refractivity contribution in [3.63, 3.8) is 0 Å². The molecule has 7 heteroatoms. The lowest BCUT2D eigenvalue weighted by Gasteiger charge is -2.35. The summed E-state index contributed by atoms with van der Waals surface area (Å²) >= 11 is 0. The molecule has 0 radical (unpaired) electrons. The van der Waals surface area contributed by atoms with Gasteiger partial charge in [-0.05, 0) is 38.8 Å². The van der Waals surface area contributed by atoms with Crippen LogP contribution in [0.15, 0.2) is 34.9 Å². The summed E-state index contributed by atoms with van der Waals surface area (Å²) in [7, 11) is 0. The average Bonchev–Trinajstić information content (AvgIpc) is 3.46. The van der Waals surface area contributed by atoms with Gasteiger partial charge in [-0.3, -0.25) is 4.79 Å². The molecule has 0 N–H and O–H groups in total. The number of benzene rings is 1. The Morgan fingerprint density at radius 3 is 2.66 bits per heavy atom. The first-order valence-corrected chi connectivity index (χ1v) is 10.8. The number of ether oxygens (including phenoxy) is 1. The maximum Gasteiger partial charge on any atom is 0.227 e. The molecule has 2 aliphatic rings. The fourth-order valence-electron chi connectivity index (χ4n) is 4.18. The van der Waals surface area contributed by atoms with E-state index in [-0.39, 0.29) is 11.9 Å². The minimum absolute atomic E-state index is 0.176. The number of amides is 1. The fraction of sp³-hybridized carbons (Fsp3) is 0.591. The molecule has 2 aromatic rings. The van der Waals surface area contributed by atoms with Crippen molar-refractivity contribution in [3.05, 3.63) is 36.2 Å². The van der Waals surface area contributed by atoms with Crippen LogP contribution in [0.2, 0.25) is 0 Å². The predicted octanol–water partition coefficient (Wildman–Crippen LogP) is 2.77. The number of likely N-dealkylation sites (tertiary alicyclic amines) is 1. The summed E-state index contributed by atoms with van der Waals surface area (Å²) < 4.78 is 10.9. The third kappa shape index (κ3) is 5.42. The monoisotopic (exact) mass is 398 g/mol. The number of carbonyl (C=O) groups excluding carboxylic acids is 1. The van der Waals surface area contributed by atoms with Gasteiger partial charge >= 0.3 is 0 Å². The number of hydrogen-bond donors (Lipinski definition) is 0. The predicted molar refractivity (Wildman–Crippen MR) is 109 cm³/mol. The largest absolute Gasteiger partial charge is 0.381 e. The zero-order chi connectivity index (χ0) is 19.9. The third-order valence-electron chi connectivity index (χ3n) is 5.86. The van der Waals surface area contributed by atoms with Gasteiger partial charge in [-0.1, -0.05) is 35.5 Å². The van der Waals surface area contributed by atoms with E-state index in [9.17, 15) is 4.79 Å². The van der Waals surface area contributed by atoms with Crippen LogP contribution < -0.4 is 0 Å². The lowest BCUT2D eigenvalue weighted by Crippen LogP contribution is -2.46. The van der Waals surface area contributed by atoms with Gasteiger partial charge in [0.2, 0.25) is 17.6 Å². The Morgan fingerprint density at radius 2 is 1.90 bits per heavy atom. The second-order valence-electron chi connectivity index (χ2n) is 7.86. The van der Waals surface area contributed by atoms with Crippen molar-refractivity contribution in [1.29, 1.82) is 0 Å². The first-order valence-electron chi connectivity index (χ1n) is 10.8. The summed E-state index contributed by atoms with van der Waals surface area (Å²) in [5, 5.41) is 4.05. The first kappa shape index (κ1) is 20.0. The number of nitrogens with zero attached hydrogens (tertiary/aromatic N) is 4. The Labute approximate surface area is 172 Å². The van der Waals surface area contributed by atoms with Crippen molar-refractivity contribution in [2.24, 2.45) is 0 Å². The van der Waals surface area contributed by atoms with Crippen LogP contribution in [0, 0.1) is 0 Å². The first-order chi connectivity index (χ1) is 14.3. The number of carbonyl (C=O) groups is 1. The number of aryl methyl sites for hydroxylation is 1. The molecule has 29 heavy (non-hydrogen) atoms. The Balaban J connectivity index is 1.34. The molecule has 0 spiro atoms. The van der Waals surface area contributed by atoms with Crippen LogP contribution in [0.1, 0.15) is 38.0 Å². The van der Waals surface area contributed by atoms with E-state index in [1.165, 1.54) is 12.8 Å². The molecule has 0 saturated carbocycles. The third-order valence-corrected chi connectivity index (χ3v) is 5.86. The molecule has 2 fully saturated rings. The standard InChI is InChI=1S/C22H30N4O3/c27-21(9-8-20-23-22(24-29-20)18-6-2-1-3-7-18)26(19-10-16-28-17-11-19)15-14-25-12-4-5-13-25/h1-3,6-7,19H,4-5,8-17H2. The molecule has 0 aliphatic carbocycles. The van der Waals surface area contributed by atoms with E-state index >= 15 is 0 Å². The summed E-state index contributed by atoms with van der Waals surface area (Å²) in [6.07, 6.45) is 5.25. The highest BCUT2D eigenvalue weighted by Crippen LogP contribution is 2.19. The fourth-order valence-corrected chi connectivity index (χ4v) is 4.18. The maximum absolute atomic E-state index is 13.1. The van der Waals surface area contributed by atoms with E-state index in [1.807, 2.05) is 30.3 Å². The van der Waals surface area contributed by atoms with Crippen LogP contribution in [0.5, 0.6) is 0 Å². The quantitative estimate of drug-likeness (QED) is 0.681. The molecule has 2 saturated heterocycles. The van der Waals surface area contributed by atoms with E-state index in [2.05, 4.69) is 19.9 Å². The van der Waals surface area contributed by atoms with Gasteiger partial charge in [-0.2, -0.15) is 4.98 Å². The second-order valence-corrected chi connectivity index (χ2v) is 7.86. The molecule has 0 unspecified atom stereocenters. The van der Waals surface area contributed by atoms with Crippen molar-refractivity contribution in [3.8, 4) is 11.4 Å². The van der Waals surface area contributed by atoms with Crippen LogP contribution >= 0.6 is 0 Å². The van der Waals surface area contributed by atoms with Crippen LogP contribution in [0.3, 0.4) is 0 Å². The van der Waals surface area contributed by atoms with Crippen LogP contribution in [0.4, 0.5) is 0 Å². The van der Waals surface area contributed by atoms with Crippen molar-refractivity contribution >= 4 is 5.91 Å². The van der Waals surface area contributed by atoms with Gasteiger partial charge in [0, 0.05) is 50.8 Å².